The molecule has 1 unspecified atom stereocenters. The molecule has 2 aromatic rings. The van der Waals surface area contributed by atoms with Gasteiger partial charge < -0.3 is 10.4 Å². The van der Waals surface area contributed by atoms with E-state index in [4.69, 9.17) is 0 Å². The molecule has 1 aromatic carbocycles. The van der Waals surface area contributed by atoms with Crippen molar-refractivity contribution in [2.45, 2.75) is 12.5 Å². The van der Waals surface area contributed by atoms with Gasteiger partial charge in [-0.05, 0) is 25.1 Å². The quantitative estimate of drug-likeness (QED) is 0.795. The third-order valence-electron chi connectivity index (χ3n) is 3.15. The van der Waals surface area contributed by atoms with E-state index in [0.29, 0.717) is 16.9 Å². The number of fused-ring (bicyclic) bond motifs is 1. The van der Waals surface area contributed by atoms with Crippen molar-refractivity contribution in [1.82, 2.24) is 4.98 Å². The molecule has 18 heavy (non-hydrogen) atoms. The summed E-state index contributed by atoms with van der Waals surface area (Å²) >= 11 is 0. The van der Waals surface area contributed by atoms with Crippen molar-refractivity contribution in [3.63, 3.8) is 0 Å². The number of anilines is 1. The number of aryl methyl sites for hydroxylation is 1. The number of aromatic nitrogens is 1. The maximum absolute atomic E-state index is 12.1. The van der Waals surface area contributed by atoms with Crippen LogP contribution in [0.15, 0.2) is 42.5 Å². The number of pyridine rings is 1. The minimum Gasteiger partial charge on any atom is -0.370 e. The Labute approximate surface area is 104 Å². The zero-order valence-corrected chi connectivity index (χ0v) is 9.84. The number of aliphatic hydroxyl groups is 1. The first-order valence-electron chi connectivity index (χ1n) is 5.70. The van der Waals surface area contributed by atoms with Crippen molar-refractivity contribution >= 4 is 11.6 Å². The Morgan fingerprint density at radius 2 is 1.94 bits per heavy atom. The predicted molar refractivity (Wildman–Crippen MR) is 67.0 cm³/mol. The molecule has 0 saturated heterocycles. The number of rotatable bonds is 1. The third-order valence-corrected chi connectivity index (χ3v) is 3.15. The highest BCUT2D eigenvalue weighted by atomic mass is 16.3. The highest BCUT2D eigenvalue weighted by molar-refractivity contribution is 6.06. The number of hydrogen-bond acceptors (Lipinski definition) is 3. The fraction of sp³-hybridized carbons (Fsp3) is 0.143. The van der Waals surface area contributed by atoms with E-state index in [1.54, 1.807) is 30.3 Å². The number of hydrogen-bond donors (Lipinski definition) is 2. The monoisotopic (exact) mass is 240 g/mol. The average Bonchev–Trinajstić information content (AvgIpc) is 2.63. The van der Waals surface area contributed by atoms with Gasteiger partial charge in [0.2, 0.25) is 5.60 Å². The number of amides is 1. The smallest absolute Gasteiger partial charge is 0.267 e. The summed E-state index contributed by atoms with van der Waals surface area (Å²) in [6.07, 6.45) is 0. The Balaban J connectivity index is 2.23. The molecule has 4 nitrogen and oxygen atoms in total. The van der Waals surface area contributed by atoms with Crippen LogP contribution in [0.3, 0.4) is 0 Å². The van der Waals surface area contributed by atoms with Gasteiger partial charge in [0, 0.05) is 16.9 Å². The molecule has 1 aliphatic heterocycles. The Kier molecular flexibility index (Phi) is 2.21. The van der Waals surface area contributed by atoms with Gasteiger partial charge in [0.05, 0.1) is 5.69 Å². The van der Waals surface area contributed by atoms with Crippen LogP contribution in [0.5, 0.6) is 0 Å². The van der Waals surface area contributed by atoms with Crippen molar-refractivity contribution in [1.29, 1.82) is 0 Å². The molecule has 90 valence electrons. The zero-order chi connectivity index (χ0) is 12.8. The van der Waals surface area contributed by atoms with Crippen molar-refractivity contribution in [3.05, 3.63) is 59.4 Å². The fourth-order valence-corrected chi connectivity index (χ4v) is 2.24. The van der Waals surface area contributed by atoms with Crippen molar-refractivity contribution < 1.29 is 9.90 Å². The molecular formula is C14H12N2O2. The van der Waals surface area contributed by atoms with Gasteiger partial charge in [-0.25, -0.2) is 0 Å². The number of para-hydroxylation sites is 1. The summed E-state index contributed by atoms with van der Waals surface area (Å²) in [6.45, 7) is 1.83. The van der Waals surface area contributed by atoms with E-state index in [-0.39, 0.29) is 0 Å². The van der Waals surface area contributed by atoms with Crippen LogP contribution in [-0.2, 0) is 10.4 Å². The maximum atomic E-state index is 12.1. The first kappa shape index (κ1) is 10.9. The number of nitrogens with one attached hydrogen (secondary N) is 1. The number of benzene rings is 1. The summed E-state index contributed by atoms with van der Waals surface area (Å²) in [5.74, 6) is -0.457. The first-order chi connectivity index (χ1) is 8.62. The Morgan fingerprint density at radius 3 is 2.72 bits per heavy atom. The van der Waals surface area contributed by atoms with Crippen LogP contribution in [0.25, 0.3) is 0 Å². The Bertz CT molecular complexity index is 639. The number of carbonyl (C=O) groups is 1. The molecule has 0 bridgehead atoms. The van der Waals surface area contributed by atoms with Gasteiger partial charge in [0.1, 0.15) is 0 Å². The van der Waals surface area contributed by atoms with Crippen LogP contribution < -0.4 is 5.32 Å². The molecule has 1 aliphatic rings. The zero-order valence-electron chi connectivity index (χ0n) is 9.84. The predicted octanol–water partition coefficient (Wildman–Crippen LogP) is 1.58. The summed E-state index contributed by atoms with van der Waals surface area (Å²) < 4.78 is 0. The highest BCUT2D eigenvalue weighted by Gasteiger charge is 2.47. The van der Waals surface area contributed by atoms with Gasteiger partial charge in [0.25, 0.3) is 5.91 Å². The molecule has 0 saturated carbocycles. The third kappa shape index (κ3) is 1.36. The maximum Gasteiger partial charge on any atom is 0.267 e. The topological polar surface area (TPSA) is 62.2 Å². The normalized spacial score (nSPS) is 21.6. The van der Waals surface area contributed by atoms with Crippen molar-refractivity contribution in [2.75, 3.05) is 5.32 Å². The standard InChI is InChI=1S/C14H12N2O2/c1-9-5-4-8-12(15-9)14(18)10-6-2-3-7-11(10)16-13(14)17/h2-8,18H,1H3,(H,16,17). The lowest BCUT2D eigenvalue weighted by atomic mass is 9.91. The lowest BCUT2D eigenvalue weighted by Crippen LogP contribution is -2.36. The van der Waals surface area contributed by atoms with Crippen LogP contribution in [0, 0.1) is 6.92 Å². The van der Waals surface area contributed by atoms with E-state index in [2.05, 4.69) is 10.3 Å². The lowest BCUT2D eigenvalue weighted by molar-refractivity contribution is -0.130. The van der Waals surface area contributed by atoms with Crippen LogP contribution in [0.4, 0.5) is 5.69 Å². The molecule has 1 amide bonds. The first-order valence-corrected chi connectivity index (χ1v) is 5.70. The van der Waals surface area contributed by atoms with Gasteiger partial charge in [-0.15, -0.1) is 0 Å². The van der Waals surface area contributed by atoms with E-state index in [0.717, 1.165) is 5.69 Å². The summed E-state index contributed by atoms with van der Waals surface area (Å²) in [5.41, 5.74) is 0.604. The second-order valence-corrected chi connectivity index (χ2v) is 4.37. The average molecular weight is 240 g/mol. The molecule has 1 atom stereocenters. The van der Waals surface area contributed by atoms with E-state index >= 15 is 0 Å². The van der Waals surface area contributed by atoms with E-state index in [1.807, 2.05) is 19.1 Å². The summed E-state index contributed by atoms with van der Waals surface area (Å²) in [6, 6.07) is 12.4. The van der Waals surface area contributed by atoms with E-state index in [9.17, 15) is 9.90 Å². The summed E-state index contributed by atoms with van der Waals surface area (Å²) in [5, 5.41) is 13.4. The molecular weight excluding hydrogens is 228 g/mol. The molecule has 0 fully saturated rings. The van der Waals surface area contributed by atoms with Crippen molar-refractivity contribution in [2.24, 2.45) is 0 Å². The largest absolute Gasteiger partial charge is 0.370 e. The van der Waals surface area contributed by atoms with Gasteiger partial charge in [-0.1, -0.05) is 24.3 Å². The second-order valence-electron chi connectivity index (χ2n) is 4.37. The lowest BCUT2D eigenvalue weighted by Gasteiger charge is -2.20. The summed E-state index contributed by atoms with van der Waals surface area (Å²) in [7, 11) is 0. The minimum absolute atomic E-state index is 0.352. The Morgan fingerprint density at radius 1 is 1.17 bits per heavy atom. The Hall–Kier alpha value is -2.20. The van der Waals surface area contributed by atoms with Gasteiger partial charge >= 0.3 is 0 Å². The van der Waals surface area contributed by atoms with Crippen LogP contribution in [-0.4, -0.2) is 16.0 Å². The van der Waals surface area contributed by atoms with E-state index in [1.165, 1.54) is 0 Å². The molecule has 0 spiro atoms. The van der Waals surface area contributed by atoms with Crippen LogP contribution in [0.2, 0.25) is 0 Å². The summed E-state index contributed by atoms with van der Waals surface area (Å²) in [4.78, 5) is 16.3. The van der Waals surface area contributed by atoms with Crippen molar-refractivity contribution in [3.8, 4) is 0 Å². The van der Waals surface area contributed by atoms with E-state index < -0.39 is 11.5 Å². The fourth-order valence-electron chi connectivity index (χ4n) is 2.24. The van der Waals surface area contributed by atoms with Gasteiger partial charge in [-0.3, -0.25) is 9.78 Å². The van der Waals surface area contributed by atoms with Crippen LogP contribution >= 0.6 is 0 Å². The van der Waals surface area contributed by atoms with Crippen LogP contribution in [0.1, 0.15) is 17.0 Å². The minimum atomic E-state index is -1.69. The SMILES string of the molecule is Cc1cccc(C2(O)C(=O)Nc3ccccc32)n1. The van der Waals surface area contributed by atoms with Gasteiger partial charge in [0.15, 0.2) is 0 Å². The molecule has 1 aromatic heterocycles. The molecule has 4 heteroatoms. The molecule has 2 heterocycles. The molecule has 0 aliphatic carbocycles. The molecule has 0 radical (unpaired) electrons. The molecule has 2 N–H and O–H groups in total. The number of nitrogens with zero attached hydrogens (tertiary/aromatic N) is 1. The number of carbonyl (C=O) groups excluding carboxylic acids is 1. The van der Waals surface area contributed by atoms with Gasteiger partial charge in [-0.2, -0.15) is 0 Å². The second kappa shape index (κ2) is 3.65. The highest BCUT2D eigenvalue weighted by Crippen LogP contribution is 2.39. The molecule has 3 rings (SSSR count).